The van der Waals surface area contributed by atoms with Crippen molar-refractivity contribution in [1.29, 1.82) is 0 Å². The quantitative estimate of drug-likeness (QED) is 0.801. The van der Waals surface area contributed by atoms with Gasteiger partial charge in [-0.15, -0.1) is 0 Å². The maximum Gasteiger partial charge on any atom is 0.303 e. The third kappa shape index (κ3) is 3.25. The van der Waals surface area contributed by atoms with Crippen molar-refractivity contribution in [3.8, 4) is 0 Å². The van der Waals surface area contributed by atoms with E-state index in [4.69, 9.17) is 10.8 Å². The topological polar surface area (TPSA) is 63.3 Å². The second-order valence-electron chi connectivity index (χ2n) is 5.28. The van der Waals surface area contributed by atoms with Gasteiger partial charge in [-0.25, -0.2) is 0 Å². The van der Waals surface area contributed by atoms with Crippen LogP contribution < -0.4 is 5.73 Å². The minimum atomic E-state index is -0.676. The van der Waals surface area contributed by atoms with Crippen LogP contribution in [-0.2, 0) is 4.79 Å². The Morgan fingerprint density at radius 2 is 1.89 bits per heavy atom. The van der Waals surface area contributed by atoms with Gasteiger partial charge in [0, 0.05) is 12.1 Å². The molecule has 1 fully saturated rings. The highest BCUT2D eigenvalue weighted by atomic mass is 16.4. The van der Waals surface area contributed by atoms with Gasteiger partial charge in [0.15, 0.2) is 0 Å². The number of para-hydroxylation sites is 1. The lowest BCUT2D eigenvalue weighted by atomic mass is 9.77. The zero-order valence-corrected chi connectivity index (χ0v) is 10.6. The molecule has 1 aromatic carbocycles. The molecule has 0 radical (unpaired) electrons. The van der Waals surface area contributed by atoms with Gasteiger partial charge in [-0.1, -0.05) is 18.2 Å². The van der Waals surface area contributed by atoms with Crippen molar-refractivity contribution in [3.63, 3.8) is 0 Å². The van der Waals surface area contributed by atoms with Crippen molar-refractivity contribution in [2.45, 2.75) is 44.4 Å². The minimum Gasteiger partial charge on any atom is -0.481 e. The van der Waals surface area contributed by atoms with Gasteiger partial charge in [-0.2, -0.15) is 0 Å². The van der Waals surface area contributed by atoms with E-state index in [1.807, 2.05) is 18.2 Å². The number of hydrogen-bond acceptors (Lipinski definition) is 2. The molecule has 0 bridgehead atoms. The number of carboxylic acid groups (broad SMARTS) is 1. The molecule has 0 saturated heterocycles. The van der Waals surface area contributed by atoms with Gasteiger partial charge >= 0.3 is 5.97 Å². The Morgan fingerprint density at radius 3 is 2.50 bits per heavy atom. The van der Waals surface area contributed by atoms with Crippen LogP contribution in [0.5, 0.6) is 0 Å². The lowest BCUT2D eigenvalue weighted by Gasteiger charge is -2.29. The van der Waals surface area contributed by atoms with Gasteiger partial charge in [0.1, 0.15) is 0 Å². The van der Waals surface area contributed by atoms with E-state index in [9.17, 15) is 4.79 Å². The normalized spacial score (nSPS) is 23.8. The molecule has 0 atom stereocenters. The number of hydrogen-bond donors (Lipinski definition) is 2. The first-order valence-corrected chi connectivity index (χ1v) is 6.73. The predicted molar refractivity (Wildman–Crippen MR) is 72.4 cm³/mol. The third-order valence-corrected chi connectivity index (χ3v) is 4.05. The Hall–Kier alpha value is -1.51. The molecule has 98 valence electrons. The summed E-state index contributed by atoms with van der Waals surface area (Å²) < 4.78 is 0. The molecule has 1 saturated carbocycles. The van der Waals surface area contributed by atoms with E-state index in [-0.39, 0.29) is 0 Å². The van der Waals surface area contributed by atoms with E-state index in [0.29, 0.717) is 18.3 Å². The van der Waals surface area contributed by atoms with E-state index in [1.54, 1.807) is 0 Å². The van der Waals surface area contributed by atoms with Crippen LogP contribution in [-0.4, -0.2) is 11.1 Å². The molecule has 0 unspecified atom stereocenters. The highest BCUT2D eigenvalue weighted by molar-refractivity contribution is 5.66. The van der Waals surface area contributed by atoms with Crippen molar-refractivity contribution >= 4 is 11.7 Å². The Morgan fingerprint density at radius 1 is 1.22 bits per heavy atom. The van der Waals surface area contributed by atoms with Crippen LogP contribution in [0.3, 0.4) is 0 Å². The summed E-state index contributed by atoms with van der Waals surface area (Å²) >= 11 is 0. The average Bonchev–Trinajstić information content (AvgIpc) is 2.38. The van der Waals surface area contributed by atoms with Crippen molar-refractivity contribution in [3.05, 3.63) is 29.8 Å². The fourth-order valence-corrected chi connectivity index (χ4v) is 2.97. The maximum absolute atomic E-state index is 10.6. The number of nitrogen functional groups attached to an aromatic ring is 1. The summed E-state index contributed by atoms with van der Waals surface area (Å²) in [4.78, 5) is 10.6. The molecule has 0 amide bonds. The van der Waals surface area contributed by atoms with Gasteiger partial charge in [0.05, 0.1) is 0 Å². The largest absolute Gasteiger partial charge is 0.481 e. The maximum atomic E-state index is 10.6. The molecule has 18 heavy (non-hydrogen) atoms. The molecule has 1 aromatic rings. The zero-order valence-electron chi connectivity index (χ0n) is 10.6. The zero-order chi connectivity index (χ0) is 13.0. The first-order valence-electron chi connectivity index (χ1n) is 6.73. The SMILES string of the molecule is Nc1ccccc1C1CCC(CCC(=O)O)CC1. The molecule has 2 rings (SSSR count). The Bertz CT molecular complexity index is 409. The molecule has 1 aliphatic rings. The summed E-state index contributed by atoms with van der Waals surface area (Å²) in [6.45, 7) is 0. The van der Waals surface area contributed by atoms with Crippen molar-refractivity contribution < 1.29 is 9.90 Å². The number of carbonyl (C=O) groups is 1. The number of anilines is 1. The molecule has 0 aliphatic heterocycles. The van der Waals surface area contributed by atoms with Crippen molar-refractivity contribution in [2.24, 2.45) is 5.92 Å². The number of rotatable bonds is 4. The molecule has 3 heteroatoms. The second kappa shape index (κ2) is 5.89. The van der Waals surface area contributed by atoms with Crippen LogP contribution in [0.15, 0.2) is 24.3 Å². The van der Waals surface area contributed by atoms with Crippen LogP contribution in [0.2, 0.25) is 0 Å². The number of aliphatic carboxylic acids is 1. The Labute approximate surface area is 108 Å². The summed E-state index contributed by atoms with van der Waals surface area (Å²) in [6, 6.07) is 8.10. The molecule has 0 heterocycles. The standard InChI is InChI=1S/C15H21NO2/c16-14-4-2-1-3-13(14)12-8-5-11(6-9-12)7-10-15(17)18/h1-4,11-12H,5-10,16H2,(H,17,18). The Balaban J connectivity index is 1.87. The highest BCUT2D eigenvalue weighted by Gasteiger charge is 2.23. The molecule has 0 spiro atoms. The molecule has 0 aromatic heterocycles. The molecule has 1 aliphatic carbocycles. The molecular weight excluding hydrogens is 226 g/mol. The Kier molecular flexibility index (Phi) is 4.24. The van der Waals surface area contributed by atoms with E-state index < -0.39 is 5.97 Å². The summed E-state index contributed by atoms with van der Waals surface area (Å²) in [5.74, 6) is 0.471. The van der Waals surface area contributed by atoms with Gasteiger partial charge in [-0.05, 0) is 55.6 Å². The van der Waals surface area contributed by atoms with Gasteiger partial charge in [0.25, 0.3) is 0 Å². The second-order valence-corrected chi connectivity index (χ2v) is 5.28. The van der Waals surface area contributed by atoms with E-state index >= 15 is 0 Å². The summed E-state index contributed by atoms with van der Waals surface area (Å²) in [6.07, 6.45) is 5.67. The number of nitrogens with two attached hydrogens (primary N) is 1. The minimum absolute atomic E-state index is 0.308. The molecule has 3 N–H and O–H groups in total. The van der Waals surface area contributed by atoms with Gasteiger partial charge < -0.3 is 10.8 Å². The number of carboxylic acids is 1. The monoisotopic (exact) mass is 247 g/mol. The van der Waals surface area contributed by atoms with Crippen molar-refractivity contribution in [1.82, 2.24) is 0 Å². The fourth-order valence-electron chi connectivity index (χ4n) is 2.97. The van der Waals surface area contributed by atoms with Crippen LogP contribution in [0.25, 0.3) is 0 Å². The van der Waals surface area contributed by atoms with Crippen molar-refractivity contribution in [2.75, 3.05) is 5.73 Å². The van der Waals surface area contributed by atoms with E-state index in [0.717, 1.165) is 37.8 Å². The number of benzene rings is 1. The van der Waals surface area contributed by atoms with Gasteiger partial charge in [0.2, 0.25) is 0 Å². The van der Waals surface area contributed by atoms with E-state index in [2.05, 4.69) is 6.07 Å². The summed E-state index contributed by atoms with van der Waals surface area (Å²) in [5, 5.41) is 8.69. The van der Waals surface area contributed by atoms with Crippen LogP contribution in [0.4, 0.5) is 5.69 Å². The fraction of sp³-hybridized carbons (Fsp3) is 0.533. The summed E-state index contributed by atoms with van der Waals surface area (Å²) in [5.41, 5.74) is 8.17. The lowest BCUT2D eigenvalue weighted by Crippen LogP contribution is -2.15. The van der Waals surface area contributed by atoms with Gasteiger partial charge in [-0.3, -0.25) is 4.79 Å². The van der Waals surface area contributed by atoms with E-state index in [1.165, 1.54) is 5.56 Å². The van der Waals surface area contributed by atoms with Crippen LogP contribution in [0.1, 0.15) is 50.0 Å². The molecular formula is C15H21NO2. The average molecular weight is 247 g/mol. The first-order chi connectivity index (χ1) is 8.66. The van der Waals surface area contributed by atoms with Crippen LogP contribution in [0, 0.1) is 5.92 Å². The molecule has 3 nitrogen and oxygen atoms in total. The van der Waals surface area contributed by atoms with Crippen LogP contribution >= 0.6 is 0 Å². The predicted octanol–water partition coefficient (Wildman–Crippen LogP) is 3.41. The highest BCUT2D eigenvalue weighted by Crippen LogP contribution is 2.39. The summed E-state index contributed by atoms with van der Waals surface area (Å²) in [7, 11) is 0. The third-order valence-electron chi connectivity index (χ3n) is 4.05. The first kappa shape index (κ1) is 12.9. The smallest absolute Gasteiger partial charge is 0.303 e. The lowest BCUT2D eigenvalue weighted by molar-refractivity contribution is -0.137.